The minimum Gasteiger partial charge on any atom is -0.361 e. The third-order valence-corrected chi connectivity index (χ3v) is 3.94. The van der Waals surface area contributed by atoms with Crippen LogP contribution in [0.15, 0.2) is 30.5 Å². The van der Waals surface area contributed by atoms with Crippen LogP contribution in [0.3, 0.4) is 0 Å². The van der Waals surface area contributed by atoms with Crippen molar-refractivity contribution in [1.29, 1.82) is 0 Å². The number of carbonyl (C=O) groups excluding carboxylic acids is 2. The van der Waals surface area contributed by atoms with E-state index in [-0.39, 0.29) is 5.91 Å². The second-order valence-corrected chi connectivity index (χ2v) is 5.21. The molecule has 1 radical (unpaired) electrons. The normalized spacial score (nSPS) is 15.4. The van der Waals surface area contributed by atoms with Crippen molar-refractivity contribution >= 4 is 22.8 Å². The summed E-state index contributed by atoms with van der Waals surface area (Å²) in [5.41, 5.74) is 9.10. The van der Waals surface area contributed by atoms with Crippen LogP contribution in [0.25, 0.3) is 10.9 Å². The number of piperazine rings is 1. The Balaban J connectivity index is 1.66. The highest BCUT2D eigenvalue weighted by molar-refractivity contribution is 5.89. The number of nitrogens with zero attached hydrogens (tertiary/aromatic N) is 2. The minimum absolute atomic E-state index is 0.0665. The van der Waals surface area contributed by atoms with Crippen molar-refractivity contribution in [2.75, 3.05) is 26.2 Å². The van der Waals surface area contributed by atoms with E-state index in [0.29, 0.717) is 32.6 Å². The average Bonchev–Trinajstić information content (AvgIpc) is 2.91. The van der Waals surface area contributed by atoms with Gasteiger partial charge in [0.05, 0.1) is 6.42 Å². The van der Waals surface area contributed by atoms with Crippen molar-refractivity contribution < 1.29 is 9.59 Å². The van der Waals surface area contributed by atoms with Gasteiger partial charge in [-0.1, -0.05) is 18.2 Å². The molecule has 2 aromatic rings. The predicted molar refractivity (Wildman–Crippen MR) is 78.6 cm³/mol. The van der Waals surface area contributed by atoms with Crippen molar-refractivity contribution in [3.63, 3.8) is 0 Å². The Hall–Kier alpha value is -2.50. The predicted octanol–water partition coefficient (Wildman–Crippen LogP) is 1.26. The molecule has 0 unspecified atom stereocenters. The maximum atomic E-state index is 12.3. The van der Waals surface area contributed by atoms with Gasteiger partial charge in [-0.25, -0.2) is 10.5 Å². The highest BCUT2D eigenvalue weighted by Gasteiger charge is 2.23. The first kappa shape index (κ1) is 13.5. The number of aromatic amines is 1. The Morgan fingerprint density at radius 2 is 1.76 bits per heavy atom. The van der Waals surface area contributed by atoms with E-state index < -0.39 is 6.03 Å². The number of aromatic nitrogens is 1. The summed E-state index contributed by atoms with van der Waals surface area (Å²) in [7, 11) is 0. The minimum atomic E-state index is -0.668. The number of urea groups is 1. The van der Waals surface area contributed by atoms with Gasteiger partial charge in [0.25, 0.3) is 0 Å². The molecule has 0 atom stereocenters. The highest BCUT2D eigenvalue weighted by Crippen LogP contribution is 2.19. The van der Waals surface area contributed by atoms with Crippen molar-refractivity contribution in [3.05, 3.63) is 36.0 Å². The lowest BCUT2D eigenvalue weighted by atomic mass is 10.1. The molecule has 2 N–H and O–H groups in total. The van der Waals surface area contributed by atoms with Crippen LogP contribution in [0.1, 0.15) is 5.56 Å². The fourth-order valence-electron chi connectivity index (χ4n) is 2.71. The summed E-state index contributed by atoms with van der Waals surface area (Å²) in [5, 5.41) is 1.07. The molecule has 6 nitrogen and oxygen atoms in total. The lowest BCUT2D eigenvalue weighted by molar-refractivity contribution is -0.131. The molecular weight excluding hydrogens is 268 g/mol. The first-order chi connectivity index (χ1) is 10.1. The number of hydrogen-bond acceptors (Lipinski definition) is 2. The fraction of sp³-hybridized carbons (Fsp3) is 0.333. The number of nitrogens with one attached hydrogen (secondary N) is 2. The molecule has 2 heterocycles. The molecule has 1 aromatic carbocycles. The summed E-state index contributed by atoms with van der Waals surface area (Å²) >= 11 is 0. The lowest BCUT2D eigenvalue weighted by Gasteiger charge is -2.33. The highest BCUT2D eigenvalue weighted by atomic mass is 16.2. The third-order valence-electron chi connectivity index (χ3n) is 3.94. The van der Waals surface area contributed by atoms with Crippen LogP contribution in [-0.4, -0.2) is 52.9 Å². The summed E-state index contributed by atoms with van der Waals surface area (Å²) < 4.78 is 0. The SMILES string of the molecule is [NH]C(=O)N1CCN(C(=O)Cc2c[nH]c3ccccc23)CC1. The zero-order chi connectivity index (χ0) is 14.8. The van der Waals surface area contributed by atoms with Gasteiger partial charge in [0.15, 0.2) is 0 Å². The zero-order valence-corrected chi connectivity index (χ0v) is 11.6. The van der Waals surface area contributed by atoms with E-state index in [0.717, 1.165) is 16.5 Å². The number of hydrogen-bond donors (Lipinski definition) is 1. The van der Waals surface area contributed by atoms with Crippen molar-refractivity contribution in [2.24, 2.45) is 0 Å². The van der Waals surface area contributed by atoms with Crippen molar-refractivity contribution in [2.45, 2.75) is 6.42 Å². The molecule has 21 heavy (non-hydrogen) atoms. The van der Waals surface area contributed by atoms with Crippen LogP contribution < -0.4 is 5.73 Å². The third kappa shape index (κ3) is 2.69. The second-order valence-electron chi connectivity index (χ2n) is 5.21. The van der Waals surface area contributed by atoms with Gasteiger partial charge in [-0.15, -0.1) is 0 Å². The number of carbonyl (C=O) groups is 2. The summed E-state index contributed by atoms with van der Waals surface area (Å²) in [4.78, 5) is 29.7. The standard InChI is InChI=1S/C15H17N4O2/c16-15(21)19-7-5-18(6-8-19)14(20)9-11-10-17-13-4-2-1-3-12(11)13/h1-4,10,16-17H,5-9H2. The lowest BCUT2D eigenvalue weighted by Crippen LogP contribution is -2.50. The maximum absolute atomic E-state index is 12.3. The molecule has 1 fully saturated rings. The topological polar surface area (TPSA) is 80.2 Å². The van der Waals surface area contributed by atoms with Crippen LogP contribution in [0, 0.1) is 0 Å². The van der Waals surface area contributed by atoms with Crippen LogP contribution in [0.5, 0.6) is 0 Å². The molecule has 1 aromatic heterocycles. The Bertz CT molecular complexity index is 671. The van der Waals surface area contributed by atoms with Crippen LogP contribution in [0.2, 0.25) is 0 Å². The van der Waals surface area contributed by atoms with Crippen molar-refractivity contribution in [3.8, 4) is 0 Å². The first-order valence-corrected chi connectivity index (χ1v) is 6.98. The number of benzene rings is 1. The molecule has 6 heteroatoms. The Kier molecular flexibility index (Phi) is 3.51. The molecule has 1 aliphatic rings. The van der Waals surface area contributed by atoms with E-state index in [2.05, 4.69) is 4.98 Å². The Morgan fingerprint density at radius 1 is 1.10 bits per heavy atom. The van der Waals surface area contributed by atoms with Gasteiger partial charge in [-0.3, -0.25) is 4.79 Å². The van der Waals surface area contributed by atoms with Gasteiger partial charge >= 0.3 is 6.03 Å². The first-order valence-electron chi connectivity index (χ1n) is 6.98. The molecule has 0 saturated carbocycles. The van der Waals surface area contributed by atoms with E-state index in [4.69, 9.17) is 5.73 Å². The quantitative estimate of drug-likeness (QED) is 0.901. The maximum Gasteiger partial charge on any atom is 0.336 e. The molecule has 0 bridgehead atoms. The van der Waals surface area contributed by atoms with E-state index in [1.54, 1.807) is 4.90 Å². The van der Waals surface area contributed by atoms with E-state index in [1.165, 1.54) is 4.90 Å². The molecule has 1 aliphatic heterocycles. The summed E-state index contributed by atoms with van der Waals surface area (Å²) in [6, 6.07) is 7.25. The molecule has 0 spiro atoms. The van der Waals surface area contributed by atoms with Gasteiger partial charge in [-0.05, 0) is 11.6 Å². The number of para-hydroxylation sites is 1. The van der Waals surface area contributed by atoms with E-state index in [9.17, 15) is 9.59 Å². The molecule has 109 valence electrons. The van der Waals surface area contributed by atoms with Gasteiger partial charge in [0.2, 0.25) is 5.91 Å². The van der Waals surface area contributed by atoms with E-state index in [1.807, 2.05) is 30.5 Å². The van der Waals surface area contributed by atoms with Crippen molar-refractivity contribution in [1.82, 2.24) is 20.5 Å². The largest absolute Gasteiger partial charge is 0.361 e. The molecule has 1 saturated heterocycles. The monoisotopic (exact) mass is 285 g/mol. The van der Waals surface area contributed by atoms with Crippen LogP contribution >= 0.6 is 0 Å². The number of rotatable bonds is 2. The Morgan fingerprint density at radius 3 is 2.48 bits per heavy atom. The van der Waals surface area contributed by atoms with Gasteiger partial charge < -0.3 is 14.8 Å². The fourth-order valence-corrected chi connectivity index (χ4v) is 2.71. The van der Waals surface area contributed by atoms with Gasteiger partial charge in [0.1, 0.15) is 0 Å². The molecule has 3 amide bonds. The Labute approximate surface area is 122 Å². The number of fused-ring (bicyclic) bond motifs is 1. The number of H-pyrrole nitrogens is 1. The molecular formula is C15H17N4O2. The summed E-state index contributed by atoms with van der Waals surface area (Å²) in [6.07, 6.45) is 2.24. The molecule has 0 aliphatic carbocycles. The second kappa shape index (κ2) is 5.47. The van der Waals surface area contributed by atoms with Crippen LogP contribution in [0.4, 0.5) is 4.79 Å². The molecule has 3 rings (SSSR count). The average molecular weight is 285 g/mol. The summed E-state index contributed by atoms with van der Waals surface area (Å²) in [5.74, 6) is 0.0665. The number of amides is 3. The van der Waals surface area contributed by atoms with Crippen LogP contribution in [-0.2, 0) is 11.2 Å². The van der Waals surface area contributed by atoms with Gasteiger partial charge in [-0.2, -0.15) is 0 Å². The zero-order valence-electron chi connectivity index (χ0n) is 11.6. The van der Waals surface area contributed by atoms with Gasteiger partial charge in [0, 0.05) is 43.3 Å². The summed E-state index contributed by atoms with van der Waals surface area (Å²) in [6.45, 7) is 1.90. The van der Waals surface area contributed by atoms with E-state index >= 15 is 0 Å². The smallest absolute Gasteiger partial charge is 0.336 e.